The Hall–Kier alpha value is -1.56. The van der Waals surface area contributed by atoms with Crippen molar-refractivity contribution in [2.45, 2.75) is 12.8 Å². The molecule has 0 amide bonds. The summed E-state index contributed by atoms with van der Waals surface area (Å²) in [6.07, 6.45) is -4.39. The van der Waals surface area contributed by atoms with Gasteiger partial charge in [-0.15, -0.1) is 0 Å². The van der Waals surface area contributed by atoms with Gasteiger partial charge in [0.05, 0.1) is 12.1 Å². The van der Waals surface area contributed by atoms with Gasteiger partial charge < -0.3 is 10.5 Å². The van der Waals surface area contributed by atoms with Crippen LogP contribution in [0.4, 0.5) is 13.2 Å². The van der Waals surface area contributed by atoms with Crippen molar-refractivity contribution in [3.8, 4) is 0 Å². The average Bonchev–Trinajstić information content (AvgIpc) is 2.25. The Morgan fingerprint density at radius 3 is 2.62 bits per heavy atom. The lowest BCUT2D eigenvalue weighted by molar-refractivity contribution is -0.143. The minimum Gasteiger partial charge on any atom is -0.460 e. The van der Waals surface area contributed by atoms with Crippen LogP contribution in [0.15, 0.2) is 24.3 Å². The highest BCUT2D eigenvalue weighted by atomic mass is 19.4. The number of ether oxygens (including phenoxy) is 1. The van der Waals surface area contributed by atoms with E-state index in [1.54, 1.807) is 0 Å². The third-order valence-electron chi connectivity index (χ3n) is 1.82. The number of halogens is 3. The maximum Gasteiger partial charge on any atom is 0.416 e. The third kappa shape index (κ3) is 3.54. The fraction of sp³-hybridized carbons (Fsp3) is 0.300. The molecule has 0 spiro atoms. The van der Waals surface area contributed by atoms with Gasteiger partial charge in [0.1, 0.15) is 6.61 Å². The third-order valence-corrected chi connectivity index (χ3v) is 1.82. The minimum absolute atomic E-state index is 0.208. The molecular formula is C10H10F3NO2. The molecule has 0 aliphatic rings. The van der Waals surface area contributed by atoms with Crippen molar-refractivity contribution in [2.75, 3.05) is 6.54 Å². The number of hydrogen-bond donors (Lipinski definition) is 1. The first-order valence-corrected chi connectivity index (χ1v) is 4.45. The van der Waals surface area contributed by atoms with Crippen LogP contribution in [0.5, 0.6) is 0 Å². The molecule has 0 atom stereocenters. The van der Waals surface area contributed by atoms with E-state index >= 15 is 0 Å². The predicted octanol–water partition coefficient (Wildman–Crippen LogP) is 1.71. The van der Waals surface area contributed by atoms with Crippen molar-refractivity contribution in [3.05, 3.63) is 35.4 Å². The largest absolute Gasteiger partial charge is 0.460 e. The van der Waals surface area contributed by atoms with Crippen LogP contribution in [0.2, 0.25) is 0 Å². The lowest BCUT2D eigenvalue weighted by atomic mass is 10.1. The molecule has 1 aromatic rings. The SMILES string of the molecule is NCC(=O)OCc1cccc(C(F)(F)F)c1. The molecule has 3 nitrogen and oxygen atoms in total. The van der Waals surface area contributed by atoms with Gasteiger partial charge in [0, 0.05) is 0 Å². The molecule has 0 heterocycles. The van der Waals surface area contributed by atoms with Crippen molar-refractivity contribution in [3.63, 3.8) is 0 Å². The molecule has 2 N–H and O–H groups in total. The molecule has 0 aliphatic heterocycles. The highest BCUT2D eigenvalue weighted by Crippen LogP contribution is 2.29. The summed E-state index contributed by atoms with van der Waals surface area (Å²) >= 11 is 0. The second-order valence-corrected chi connectivity index (χ2v) is 3.06. The number of benzene rings is 1. The van der Waals surface area contributed by atoms with Gasteiger partial charge in [-0.25, -0.2) is 0 Å². The van der Waals surface area contributed by atoms with Gasteiger partial charge in [-0.05, 0) is 17.7 Å². The summed E-state index contributed by atoms with van der Waals surface area (Å²) in [6, 6.07) is 4.59. The van der Waals surface area contributed by atoms with E-state index in [1.165, 1.54) is 12.1 Å². The van der Waals surface area contributed by atoms with Crippen molar-refractivity contribution in [1.82, 2.24) is 0 Å². The fourth-order valence-corrected chi connectivity index (χ4v) is 1.06. The Morgan fingerprint density at radius 2 is 2.06 bits per heavy atom. The monoisotopic (exact) mass is 233 g/mol. The van der Waals surface area contributed by atoms with Crippen LogP contribution in [-0.2, 0) is 22.3 Å². The van der Waals surface area contributed by atoms with Crippen LogP contribution in [-0.4, -0.2) is 12.5 Å². The van der Waals surface area contributed by atoms with E-state index in [4.69, 9.17) is 5.73 Å². The van der Waals surface area contributed by atoms with E-state index in [0.717, 1.165) is 12.1 Å². The maximum absolute atomic E-state index is 12.3. The zero-order valence-electron chi connectivity index (χ0n) is 8.25. The van der Waals surface area contributed by atoms with Crippen molar-refractivity contribution < 1.29 is 22.7 Å². The van der Waals surface area contributed by atoms with Gasteiger partial charge >= 0.3 is 12.1 Å². The van der Waals surface area contributed by atoms with Crippen LogP contribution in [0.25, 0.3) is 0 Å². The topological polar surface area (TPSA) is 52.3 Å². The highest BCUT2D eigenvalue weighted by molar-refractivity contribution is 5.71. The molecule has 1 rings (SSSR count). The van der Waals surface area contributed by atoms with Gasteiger partial charge in [-0.2, -0.15) is 13.2 Å². The number of esters is 1. The first-order chi connectivity index (χ1) is 7.43. The molecule has 88 valence electrons. The van der Waals surface area contributed by atoms with Crippen LogP contribution >= 0.6 is 0 Å². The summed E-state index contributed by atoms with van der Waals surface area (Å²) in [5, 5.41) is 0. The normalized spacial score (nSPS) is 11.2. The number of nitrogens with two attached hydrogens (primary N) is 1. The second kappa shape index (κ2) is 4.98. The van der Waals surface area contributed by atoms with Gasteiger partial charge in [-0.3, -0.25) is 4.79 Å². The van der Waals surface area contributed by atoms with Crippen molar-refractivity contribution in [1.29, 1.82) is 0 Å². The fourth-order valence-electron chi connectivity index (χ4n) is 1.06. The lowest BCUT2D eigenvalue weighted by Gasteiger charge is -2.08. The Morgan fingerprint density at radius 1 is 1.38 bits per heavy atom. The van der Waals surface area contributed by atoms with E-state index in [0.29, 0.717) is 0 Å². The number of rotatable bonds is 3. The van der Waals surface area contributed by atoms with Crippen molar-refractivity contribution >= 4 is 5.97 Å². The Balaban J connectivity index is 2.72. The van der Waals surface area contributed by atoms with E-state index in [9.17, 15) is 18.0 Å². The van der Waals surface area contributed by atoms with E-state index in [-0.39, 0.29) is 18.7 Å². The Labute approximate surface area is 90.0 Å². The standard InChI is InChI=1S/C10H10F3NO2/c11-10(12,13)8-3-1-2-7(4-8)6-16-9(15)5-14/h1-4H,5-6,14H2. The molecule has 0 radical (unpaired) electrons. The summed E-state index contributed by atoms with van der Waals surface area (Å²) in [4.78, 5) is 10.7. The molecule has 0 aromatic heterocycles. The molecule has 1 aromatic carbocycles. The smallest absolute Gasteiger partial charge is 0.416 e. The number of carbonyl (C=O) groups is 1. The van der Waals surface area contributed by atoms with Crippen molar-refractivity contribution in [2.24, 2.45) is 5.73 Å². The number of carbonyl (C=O) groups excluding carboxylic acids is 1. The van der Waals surface area contributed by atoms with E-state index < -0.39 is 17.7 Å². The average molecular weight is 233 g/mol. The molecule has 0 saturated carbocycles. The van der Waals surface area contributed by atoms with Crippen LogP contribution in [0, 0.1) is 0 Å². The number of hydrogen-bond acceptors (Lipinski definition) is 3. The van der Waals surface area contributed by atoms with E-state index in [1.807, 2.05) is 0 Å². The second-order valence-electron chi connectivity index (χ2n) is 3.06. The lowest BCUT2D eigenvalue weighted by Crippen LogP contribution is -2.16. The molecule has 6 heteroatoms. The minimum atomic E-state index is -4.39. The molecule has 0 saturated heterocycles. The molecular weight excluding hydrogens is 223 g/mol. The highest BCUT2D eigenvalue weighted by Gasteiger charge is 2.30. The summed E-state index contributed by atoms with van der Waals surface area (Å²) in [5.41, 5.74) is 4.49. The van der Waals surface area contributed by atoms with Crippen LogP contribution < -0.4 is 5.73 Å². The molecule has 0 unspecified atom stereocenters. The zero-order valence-corrected chi connectivity index (χ0v) is 8.25. The maximum atomic E-state index is 12.3. The predicted molar refractivity (Wildman–Crippen MR) is 50.3 cm³/mol. The summed E-state index contributed by atoms with van der Waals surface area (Å²) in [6.45, 7) is -0.501. The number of alkyl halides is 3. The van der Waals surface area contributed by atoms with Gasteiger partial charge in [0.25, 0.3) is 0 Å². The first kappa shape index (κ1) is 12.5. The molecule has 0 fully saturated rings. The quantitative estimate of drug-likeness (QED) is 0.808. The van der Waals surface area contributed by atoms with Gasteiger partial charge in [0.15, 0.2) is 0 Å². The summed E-state index contributed by atoms with van der Waals surface area (Å²) in [7, 11) is 0. The molecule has 16 heavy (non-hydrogen) atoms. The van der Waals surface area contributed by atoms with Gasteiger partial charge in [-0.1, -0.05) is 12.1 Å². The van der Waals surface area contributed by atoms with Crippen LogP contribution in [0.3, 0.4) is 0 Å². The summed E-state index contributed by atoms with van der Waals surface area (Å²) in [5.74, 6) is -0.655. The Bertz CT molecular complexity index is 377. The van der Waals surface area contributed by atoms with Crippen LogP contribution in [0.1, 0.15) is 11.1 Å². The Kier molecular flexibility index (Phi) is 3.89. The first-order valence-electron chi connectivity index (χ1n) is 4.45. The van der Waals surface area contributed by atoms with E-state index in [2.05, 4.69) is 4.74 Å². The molecule has 0 bridgehead atoms. The van der Waals surface area contributed by atoms with Gasteiger partial charge in [0.2, 0.25) is 0 Å². The summed E-state index contributed by atoms with van der Waals surface area (Å²) < 4.78 is 41.5. The molecule has 0 aliphatic carbocycles. The zero-order chi connectivity index (χ0) is 12.2.